The Hall–Kier alpha value is -2.66. The third-order valence-electron chi connectivity index (χ3n) is 3.97. The van der Waals surface area contributed by atoms with E-state index in [1.165, 1.54) is 6.33 Å². The fourth-order valence-electron chi connectivity index (χ4n) is 2.60. The molecule has 128 valence electrons. The Balaban J connectivity index is 1.54. The van der Waals surface area contributed by atoms with Crippen LogP contribution in [-0.2, 0) is 24.3 Å². The molecular formula is C19H19ClN4O. The van der Waals surface area contributed by atoms with Crippen LogP contribution in [0.2, 0.25) is 5.02 Å². The highest BCUT2D eigenvalue weighted by Crippen LogP contribution is 2.16. The van der Waals surface area contributed by atoms with Crippen molar-refractivity contribution in [2.75, 3.05) is 0 Å². The van der Waals surface area contributed by atoms with Gasteiger partial charge in [0.2, 0.25) is 5.91 Å². The summed E-state index contributed by atoms with van der Waals surface area (Å²) in [5, 5.41) is 7.81. The molecule has 0 aliphatic heterocycles. The van der Waals surface area contributed by atoms with Crippen molar-refractivity contribution < 1.29 is 4.79 Å². The van der Waals surface area contributed by atoms with Crippen molar-refractivity contribution in [2.24, 2.45) is 0 Å². The molecule has 6 heteroatoms. The van der Waals surface area contributed by atoms with Crippen LogP contribution in [0, 0.1) is 0 Å². The summed E-state index contributed by atoms with van der Waals surface area (Å²) in [4.78, 5) is 16.1. The molecule has 0 radical (unpaired) electrons. The highest BCUT2D eigenvalue weighted by Gasteiger charge is 2.07. The van der Waals surface area contributed by atoms with Crippen LogP contribution in [0.15, 0.2) is 61.2 Å². The summed E-state index contributed by atoms with van der Waals surface area (Å²) >= 11 is 6.12. The number of amides is 1. The number of nitrogens with zero attached hydrogens (tertiary/aromatic N) is 3. The van der Waals surface area contributed by atoms with Gasteiger partial charge in [-0.15, -0.1) is 0 Å². The second-order valence-corrected chi connectivity index (χ2v) is 6.14. The number of carbonyl (C=O) groups excluding carboxylic acids is 1. The Bertz CT molecular complexity index is 833. The first-order chi connectivity index (χ1) is 12.2. The number of hydrogen-bond acceptors (Lipinski definition) is 3. The molecule has 2 aromatic carbocycles. The lowest BCUT2D eigenvalue weighted by Gasteiger charge is -2.11. The number of hydrogen-bond donors (Lipinski definition) is 1. The lowest BCUT2D eigenvalue weighted by Crippen LogP contribution is -2.24. The molecule has 0 fully saturated rings. The maximum atomic E-state index is 12.1. The second kappa shape index (κ2) is 8.44. The standard InChI is InChI=1S/C19H19ClN4O/c20-18-8-4-3-5-15(18)9-10-19(25)22-11-16-6-1-2-7-17(16)12-24-14-21-13-23-24/h1-8,13-14H,9-12H2,(H,22,25). The summed E-state index contributed by atoms with van der Waals surface area (Å²) in [5.41, 5.74) is 3.18. The van der Waals surface area contributed by atoms with Crippen LogP contribution in [0.1, 0.15) is 23.1 Å². The Kier molecular flexibility index (Phi) is 5.80. The molecule has 0 spiro atoms. The number of rotatable bonds is 7. The molecule has 1 amide bonds. The van der Waals surface area contributed by atoms with E-state index in [-0.39, 0.29) is 5.91 Å². The normalized spacial score (nSPS) is 10.6. The highest BCUT2D eigenvalue weighted by molar-refractivity contribution is 6.31. The molecule has 3 rings (SSSR count). The van der Waals surface area contributed by atoms with Crippen LogP contribution >= 0.6 is 11.6 Å². The lowest BCUT2D eigenvalue weighted by molar-refractivity contribution is -0.121. The van der Waals surface area contributed by atoms with Crippen molar-refractivity contribution >= 4 is 17.5 Å². The number of halogens is 1. The zero-order valence-electron chi connectivity index (χ0n) is 13.7. The Morgan fingerprint density at radius 3 is 2.48 bits per heavy atom. The van der Waals surface area contributed by atoms with Crippen molar-refractivity contribution in [3.63, 3.8) is 0 Å². The maximum absolute atomic E-state index is 12.1. The van der Waals surface area contributed by atoms with Gasteiger partial charge >= 0.3 is 0 Å². The summed E-state index contributed by atoms with van der Waals surface area (Å²) in [6.45, 7) is 1.12. The van der Waals surface area contributed by atoms with E-state index < -0.39 is 0 Å². The van der Waals surface area contributed by atoms with E-state index in [0.29, 0.717) is 31.0 Å². The van der Waals surface area contributed by atoms with Crippen molar-refractivity contribution in [3.05, 3.63) is 82.9 Å². The van der Waals surface area contributed by atoms with E-state index >= 15 is 0 Å². The van der Waals surface area contributed by atoms with Gasteiger partial charge in [0.05, 0.1) is 6.54 Å². The Morgan fingerprint density at radius 2 is 1.76 bits per heavy atom. The predicted octanol–water partition coefficient (Wildman–Crippen LogP) is 3.23. The molecule has 1 aromatic heterocycles. The summed E-state index contributed by atoms with van der Waals surface area (Å²) in [5.74, 6) is 0.00970. The SMILES string of the molecule is O=C(CCc1ccccc1Cl)NCc1ccccc1Cn1cncn1. The molecule has 0 saturated heterocycles. The van der Waals surface area contributed by atoms with Crippen molar-refractivity contribution in [3.8, 4) is 0 Å². The van der Waals surface area contributed by atoms with Crippen LogP contribution in [0.25, 0.3) is 0 Å². The molecule has 0 saturated carbocycles. The number of aryl methyl sites for hydroxylation is 1. The van der Waals surface area contributed by atoms with Gasteiger partial charge in [-0.1, -0.05) is 54.1 Å². The molecule has 3 aromatic rings. The topological polar surface area (TPSA) is 59.8 Å². The van der Waals surface area contributed by atoms with E-state index in [4.69, 9.17) is 11.6 Å². The molecule has 0 bridgehead atoms. The lowest BCUT2D eigenvalue weighted by atomic mass is 10.1. The van der Waals surface area contributed by atoms with E-state index in [9.17, 15) is 4.79 Å². The van der Waals surface area contributed by atoms with E-state index in [1.54, 1.807) is 11.0 Å². The van der Waals surface area contributed by atoms with E-state index in [2.05, 4.69) is 15.4 Å². The molecule has 0 unspecified atom stereocenters. The van der Waals surface area contributed by atoms with Crippen molar-refractivity contribution in [1.29, 1.82) is 0 Å². The van der Waals surface area contributed by atoms with Crippen LogP contribution < -0.4 is 5.32 Å². The van der Waals surface area contributed by atoms with Crippen LogP contribution in [0.3, 0.4) is 0 Å². The second-order valence-electron chi connectivity index (χ2n) is 5.73. The zero-order valence-corrected chi connectivity index (χ0v) is 14.5. The fraction of sp³-hybridized carbons (Fsp3) is 0.211. The first kappa shape index (κ1) is 17.2. The van der Waals surface area contributed by atoms with Crippen molar-refractivity contribution in [2.45, 2.75) is 25.9 Å². The third kappa shape index (κ3) is 4.90. The van der Waals surface area contributed by atoms with Gasteiger partial charge in [0.1, 0.15) is 12.7 Å². The van der Waals surface area contributed by atoms with Gasteiger partial charge in [-0.25, -0.2) is 9.67 Å². The Labute approximate surface area is 151 Å². The number of nitrogens with one attached hydrogen (secondary N) is 1. The van der Waals surface area contributed by atoms with E-state index in [0.717, 1.165) is 16.7 Å². The number of carbonyl (C=O) groups is 1. The minimum absolute atomic E-state index is 0.00970. The average Bonchev–Trinajstić information content (AvgIpc) is 3.13. The molecule has 0 atom stereocenters. The van der Waals surface area contributed by atoms with Gasteiger partial charge in [0.25, 0.3) is 0 Å². The minimum atomic E-state index is 0.00970. The maximum Gasteiger partial charge on any atom is 0.220 e. The first-order valence-electron chi connectivity index (χ1n) is 8.11. The monoisotopic (exact) mass is 354 g/mol. The average molecular weight is 355 g/mol. The molecule has 1 heterocycles. The summed E-state index contributed by atoms with van der Waals surface area (Å²) in [7, 11) is 0. The molecule has 1 N–H and O–H groups in total. The van der Waals surface area contributed by atoms with Gasteiger partial charge in [0.15, 0.2) is 0 Å². The van der Waals surface area contributed by atoms with Gasteiger partial charge < -0.3 is 5.32 Å². The molecule has 0 aliphatic carbocycles. The predicted molar refractivity (Wildman–Crippen MR) is 97.2 cm³/mol. The first-order valence-corrected chi connectivity index (χ1v) is 8.49. The molecular weight excluding hydrogens is 336 g/mol. The third-order valence-corrected chi connectivity index (χ3v) is 4.34. The fourth-order valence-corrected chi connectivity index (χ4v) is 2.83. The van der Waals surface area contributed by atoms with E-state index in [1.807, 2.05) is 48.5 Å². The van der Waals surface area contributed by atoms with Crippen LogP contribution in [0.4, 0.5) is 0 Å². The number of benzene rings is 2. The highest BCUT2D eigenvalue weighted by atomic mass is 35.5. The van der Waals surface area contributed by atoms with Gasteiger partial charge in [-0.3, -0.25) is 4.79 Å². The van der Waals surface area contributed by atoms with Gasteiger partial charge in [-0.2, -0.15) is 5.10 Å². The molecule has 25 heavy (non-hydrogen) atoms. The number of aromatic nitrogens is 3. The molecule has 0 aliphatic rings. The zero-order chi connectivity index (χ0) is 17.5. The van der Waals surface area contributed by atoms with Crippen LogP contribution in [0.5, 0.6) is 0 Å². The van der Waals surface area contributed by atoms with Crippen LogP contribution in [-0.4, -0.2) is 20.7 Å². The van der Waals surface area contributed by atoms with Gasteiger partial charge in [0, 0.05) is 18.0 Å². The van der Waals surface area contributed by atoms with Gasteiger partial charge in [-0.05, 0) is 29.2 Å². The minimum Gasteiger partial charge on any atom is -0.352 e. The smallest absolute Gasteiger partial charge is 0.220 e. The van der Waals surface area contributed by atoms with Crippen molar-refractivity contribution in [1.82, 2.24) is 20.1 Å². The summed E-state index contributed by atoms with van der Waals surface area (Å²) in [6, 6.07) is 15.6. The largest absolute Gasteiger partial charge is 0.352 e. The molecule has 5 nitrogen and oxygen atoms in total. The quantitative estimate of drug-likeness (QED) is 0.708. The Morgan fingerprint density at radius 1 is 1.04 bits per heavy atom. The summed E-state index contributed by atoms with van der Waals surface area (Å²) in [6.07, 6.45) is 4.24. The summed E-state index contributed by atoms with van der Waals surface area (Å²) < 4.78 is 1.76.